The van der Waals surface area contributed by atoms with E-state index in [2.05, 4.69) is 15.3 Å². The summed E-state index contributed by atoms with van der Waals surface area (Å²) in [6, 6.07) is 9.15. The number of fused-ring (bicyclic) bond motifs is 1. The molecule has 0 atom stereocenters. The summed E-state index contributed by atoms with van der Waals surface area (Å²) in [4.78, 5) is 20.2. The van der Waals surface area contributed by atoms with Crippen LogP contribution in [0, 0.1) is 0 Å². The van der Waals surface area contributed by atoms with E-state index in [1.165, 1.54) is 12.4 Å². The number of amides is 1. The molecule has 0 saturated heterocycles. The molecule has 0 aliphatic carbocycles. The molecule has 4 nitrogen and oxygen atoms in total. The SMILES string of the molecule is O=C(Nc1cccc2ccncc12)c1ccncc1Cl. The third-order valence-corrected chi connectivity index (χ3v) is 3.25. The number of aromatic nitrogens is 2. The minimum absolute atomic E-state index is 0.270. The van der Waals surface area contributed by atoms with Gasteiger partial charge in [-0.15, -0.1) is 0 Å². The van der Waals surface area contributed by atoms with E-state index >= 15 is 0 Å². The molecule has 98 valence electrons. The van der Waals surface area contributed by atoms with Crippen LogP contribution in [0.2, 0.25) is 5.02 Å². The van der Waals surface area contributed by atoms with Gasteiger partial charge in [0.2, 0.25) is 0 Å². The van der Waals surface area contributed by atoms with Gasteiger partial charge in [0.15, 0.2) is 0 Å². The number of hydrogen-bond acceptors (Lipinski definition) is 3. The zero-order valence-electron chi connectivity index (χ0n) is 10.4. The number of nitrogens with one attached hydrogen (secondary N) is 1. The van der Waals surface area contributed by atoms with Crippen molar-refractivity contribution in [2.24, 2.45) is 0 Å². The third kappa shape index (κ3) is 2.33. The van der Waals surface area contributed by atoms with Crippen molar-refractivity contribution in [3.05, 3.63) is 65.7 Å². The molecule has 1 amide bonds. The van der Waals surface area contributed by atoms with Gasteiger partial charge in [0.25, 0.3) is 5.91 Å². The zero-order valence-corrected chi connectivity index (χ0v) is 11.1. The van der Waals surface area contributed by atoms with Crippen molar-refractivity contribution in [3.63, 3.8) is 0 Å². The van der Waals surface area contributed by atoms with E-state index in [9.17, 15) is 4.79 Å². The second-order valence-corrected chi connectivity index (χ2v) is 4.62. The average Bonchev–Trinajstić information content (AvgIpc) is 2.48. The predicted molar refractivity (Wildman–Crippen MR) is 78.9 cm³/mol. The van der Waals surface area contributed by atoms with Gasteiger partial charge in [-0.1, -0.05) is 23.7 Å². The predicted octanol–water partition coefficient (Wildman–Crippen LogP) is 3.54. The fourth-order valence-corrected chi connectivity index (χ4v) is 2.18. The number of benzene rings is 1. The Morgan fingerprint density at radius 3 is 2.70 bits per heavy atom. The fraction of sp³-hybridized carbons (Fsp3) is 0. The largest absolute Gasteiger partial charge is 0.321 e. The van der Waals surface area contributed by atoms with E-state index in [-0.39, 0.29) is 5.91 Å². The monoisotopic (exact) mass is 283 g/mol. The molecule has 0 saturated carbocycles. The molecule has 0 radical (unpaired) electrons. The van der Waals surface area contributed by atoms with Gasteiger partial charge >= 0.3 is 0 Å². The van der Waals surface area contributed by atoms with Crippen LogP contribution < -0.4 is 5.32 Å². The molecule has 5 heteroatoms. The van der Waals surface area contributed by atoms with Crippen LogP contribution in [-0.2, 0) is 0 Å². The van der Waals surface area contributed by atoms with Gasteiger partial charge in [0.1, 0.15) is 0 Å². The standard InChI is InChI=1S/C15H10ClN3O/c16-13-9-18-7-5-11(13)15(20)19-14-3-1-2-10-4-6-17-8-12(10)14/h1-9H,(H,19,20). The van der Waals surface area contributed by atoms with E-state index in [0.29, 0.717) is 16.3 Å². The Hall–Kier alpha value is -2.46. The lowest BCUT2D eigenvalue weighted by Crippen LogP contribution is -2.12. The maximum absolute atomic E-state index is 12.2. The van der Waals surface area contributed by atoms with Crippen molar-refractivity contribution in [1.29, 1.82) is 0 Å². The molecular weight excluding hydrogens is 274 g/mol. The first-order valence-corrected chi connectivity index (χ1v) is 6.37. The summed E-state index contributed by atoms with van der Waals surface area (Å²) in [6.45, 7) is 0. The van der Waals surface area contributed by atoms with Gasteiger partial charge in [-0.25, -0.2) is 0 Å². The Labute approximate surface area is 120 Å². The number of rotatable bonds is 2. The highest BCUT2D eigenvalue weighted by atomic mass is 35.5. The first kappa shape index (κ1) is 12.6. The number of halogens is 1. The summed E-state index contributed by atoms with van der Waals surface area (Å²) >= 11 is 5.97. The topological polar surface area (TPSA) is 54.9 Å². The highest BCUT2D eigenvalue weighted by Gasteiger charge is 2.11. The quantitative estimate of drug-likeness (QED) is 0.783. The summed E-state index contributed by atoms with van der Waals surface area (Å²) in [5.74, 6) is -0.270. The van der Waals surface area contributed by atoms with E-state index in [0.717, 1.165) is 10.8 Å². The van der Waals surface area contributed by atoms with Gasteiger partial charge in [-0.2, -0.15) is 0 Å². The lowest BCUT2D eigenvalue weighted by molar-refractivity contribution is 0.102. The smallest absolute Gasteiger partial charge is 0.257 e. The maximum atomic E-state index is 12.2. The van der Waals surface area contributed by atoms with Gasteiger partial charge in [-0.3, -0.25) is 14.8 Å². The van der Waals surface area contributed by atoms with E-state index < -0.39 is 0 Å². The van der Waals surface area contributed by atoms with Gasteiger partial charge in [-0.05, 0) is 23.6 Å². The molecule has 0 bridgehead atoms. The second kappa shape index (κ2) is 5.27. The molecule has 3 rings (SSSR count). The normalized spacial score (nSPS) is 10.4. The Balaban J connectivity index is 1.98. The van der Waals surface area contributed by atoms with E-state index in [4.69, 9.17) is 11.6 Å². The average molecular weight is 284 g/mol. The molecule has 0 aliphatic heterocycles. The van der Waals surface area contributed by atoms with Crippen molar-refractivity contribution in [2.45, 2.75) is 0 Å². The first-order valence-electron chi connectivity index (χ1n) is 5.99. The summed E-state index contributed by atoms with van der Waals surface area (Å²) in [5, 5.41) is 5.07. The number of hydrogen-bond donors (Lipinski definition) is 1. The van der Waals surface area contributed by atoms with Crippen LogP contribution in [0.25, 0.3) is 10.8 Å². The van der Waals surface area contributed by atoms with Crippen molar-refractivity contribution in [3.8, 4) is 0 Å². The molecular formula is C15H10ClN3O. The molecule has 0 aliphatic rings. The molecule has 3 aromatic rings. The van der Waals surface area contributed by atoms with Crippen LogP contribution in [0.5, 0.6) is 0 Å². The highest BCUT2D eigenvalue weighted by molar-refractivity contribution is 6.34. The molecule has 0 fully saturated rings. The summed E-state index contributed by atoms with van der Waals surface area (Å²) < 4.78 is 0. The molecule has 0 spiro atoms. The molecule has 2 heterocycles. The van der Waals surface area contributed by atoms with Crippen LogP contribution in [0.1, 0.15) is 10.4 Å². The molecule has 0 unspecified atom stereocenters. The fourth-order valence-electron chi connectivity index (χ4n) is 1.97. The summed E-state index contributed by atoms with van der Waals surface area (Å²) in [5.41, 5.74) is 1.09. The Bertz CT molecular complexity index is 783. The Morgan fingerprint density at radius 2 is 1.85 bits per heavy atom. The van der Waals surface area contributed by atoms with Gasteiger partial charge in [0.05, 0.1) is 16.3 Å². The van der Waals surface area contributed by atoms with Crippen LogP contribution in [-0.4, -0.2) is 15.9 Å². The molecule has 2 aromatic heterocycles. The van der Waals surface area contributed by atoms with Crippen LogP contribution in [0.4, 0.5) is 5.69 Å². The van der Waals surface area contributed by atoms with E-state index in [1.807, 2.05) is 24.3 Å². The molecule has 1 N–H and O–H groups in total. The third-order valence-electron chi connectivity index (χ3n) is 2.95. The maximum Gasteiger partial charge on any atom is 0.257 e. The van der Waals surface area contributed by atoms with Crippen molar-refractivity contribution in [2.75, 3.05) is 5.32 Å². The second-order valence-electron chi connectivity index (χ2n) is 4.21. The minimum Gasteiger partial charge on any atom is -0.321 e. The molecule has 20 heavy (non-hydrogen) atoms. The lowest BCUT2D eigenvalue weighted by atomic mass is 10.1. The Morgan fingerprint density at radius 1 is 1.05 bits per heavy atom. The minimum atomic E-state index is -0.270. The molecule has 1 aromatic carbocycles. The lowest BCUT2D eigenvalue weighted by Gasteiger charge is -2.09. The van der Waals surface area contributed by atoms with Crippen molar-refractivity contribution in [1.82, 2.24) is 9.97 Å². The first-order chi connectivity index (χ1) is 9.75. The number of carbonyl (C=O) groups excluding carboxylic acids is 1. The van der Waals surface area contributed by atoms with Crippen LogP contribution in [0.3, 0.4) is 0 Å². The number of pyridine rings is 2. The zero-order chi connectivity index (χ0) is 13.9. The van der Waals surface area contributed by atoms with Gasteiger partial charge in [0, 0.05) is 30.2 Å². The van der Waals surface area contributed by atoms with Crippen LogP contribution in [0.15, 0.2) is 55.1 Å². The van der Waals surface area contributed by atoms with E-state index in [1.54, 1.807) is 18.5 Å². The van der Waals surface area contributed by atoms with Crippen molar-refractivity contribution < 1.29 is 4.79 Å². The number of carbonyl (C=O) groups is 1. The van der Waals surface area contributed by atoms with Crippen LogP contribution >= 0.6 is 11.6 Å². The van der Waals surface area contributed by atoms with Gasteiger partial charge < -0.3 is 5.32 Å². The summed E-state index contributed by atoms with van der Waals surface area (Å²) in [6.07, 6.45) is 6.42. The van der Waals surface area contributed by atoms with Crippen molar-refractivity contribution >= 4 is 34.0 Å². The number of nitrogens with zero attached hydrogens (tertiary/aromatic N) is 2. The Kier molecular flexibility index (Phi) is 3.31. The summed E-state index contributed by atoms with van der Waals surface area (Å²) in [7, 11) is 0. The highest BCUT2D eigenvalue weighted by Crippen LogP contribution is 2.23. The number of anilines is 1.